The molecule has 0 radical (unpaired) electrons. The summed E-state index contributed by atoms with van der Waals surface area (Å²) in [5.74, 6) is 4.32. The second kappa shape index (κ2) is 5.33. The van der Waals surface area contributed by atoms with E-state index in [1.165, 1.54) is 0 Å². The Balaban J connectivity index is 1.55. The quantitative estimate of drug-likeness (QED) is 0.742. The molecule has 2 aliphatic rings. The van der Waals surface area contributed by atoms with Crippen LogP contribution in [0, 0.1) is 0 Å². The van der Waals surface area contributed by atoms with Gasteiger partial charge in [0, 0.05) is 12.1 Å². The van der Waals surface area contributed by atoms with Gasteiger partial charge in [-0.2, -0.15) is 4.68 Å². The van der Waals surface area contributed by atoms with Crippen molar-refractivity contribution >= 4 is 0 Å². The fourth-order valence-corrected chi connectivity index (χ4v) is 2.86. The fraction of sp³-hybridized carbons (Fsp3) is 0.278. The van der Waals surface area contributed by atoms with E-state index < -0.39 is 0 Å². The van der Waals surface area contributed by atoms with E-state index in [4.69, 9.17) is 14.5 Å². The van der Waals surface area contributed by atoms with Gasteiger partial charge in [0.15, 0.2) is 35.1 Å². The van der Waals surface area contributed by atoms with E-state index >= 15 is 0 Å². The Hall–Kier alpha value is -2.89. The van der Waals surface area contributed by atoms with Gasteiger partial charge in [-0.05, 0) is 37.1 Å². The SMILES string of the molecule is c1ccc(-n2nc(C3CC3)nc2[C@@H]2COc3ccccc3O2)nc1. The van der Waals surface area contributed by atoms with Crippen LogP contribution in [-0.2, 0) is 0 Å². The highest BCUT2D eigenvalue weighted by Gasteiger charge is 2.33. The zero-order valence-electron chi connectivity index (χ0n) is 13.0. The number of rotatable bonds is 3. The molecule has 1 saturated carbocycles. The molecule has 1 aliphatic carbocycles. The van der Waals surface area contributed by atoms with Crippen LogP contribution in [0.15, 0.2) is 48.7 Å². The van der Waals surface area contributed by atoms with Crippen molar-refractivity contribution in [2.24, 2.45) is 0 Å². The van der Waals surface area contributed by atoms with Crippen molar-refractivity contribution in [1.82, 2.24) is 19.7 Å². The van der Waals surface area contributed by atoms with Crippen molar-refractivity contribution < 1.29 is 9.47 Å². The molecule has 2 aromatic heterocycles. The molecule has 0 saturated heterocycles. The minimum atomic E-state index is -0.304. The van der Waals surface area contributed by atoms with Crippen LogP contribution in [0.25, 0.3) is 5.82 Å². The number of benzene rings is 1. The lowest BCUT2D eigenvalue weighted by Gasteiger charge is -2.25. The molecule has 0 unspecified atom stereocenters. The summed E-state index contributed by atoms with van der Waals surface area (Å²) in [6.07, 6.45) is 3.75. The Morgan fingerprint density at radius 1 is 1.00 bits per heavy atom. The molecule has 0 bridgehead atoms. The average Bonchev–Trinajstić information content (AvgIpc) is 3.40. The van der Waals surface area contributed by atoms with Crippen molar-refractivity contribution in [3.05, 3.63) is 60.3 Å². The Bertz CT molecular complexity index is 874. The topological polar surface area (TPSA) is 62.1 Å². The van der Waals surface area contributed by atoms with Crippen molar-refractivity contribution in [1.29, 1.82) is 0 Å². The number of nitrogens with zero attached hydrogens (tertiary/aromatic N) is 4. The normalized spacial score (nSPS) is 19.2. The van der Waals surface area contributed by atoms with E-state index in [1.807, 2.05) is 42.5 Å². The lowest BCUT2D eigenvalue weighted by Crippen LogP contribution is -2.25. The summed E-state index contributed by atoms with van der Waals surface area (Å²) in [7, 11) is 0. The van der Waals surface area contributed by atoms with E-state index in [0.29, 0.717) is 12.5 Å². The standard InChI is InChI=1S/C18H16N4O2/c1-2-6-14-13(5-1)23-11-15(24-14)18-20-17(12-8-9-12)21-22(18)16-7-3-4-10-19-16/h1-7,10,12,15H,8-9,11H2/t15-/m0/s1. The predicted octanol–water partition coefficient (Wildman–Crippen LogP) is 3.05. The van der Waals surface area contributed by atoms with Crippen molar-refractivity contribution in [2.45, 2.75) is 24.9 Å². The molecule has 1 atom stereocenters. The molecule has 1 aliphatic heterocycles. The van der Waals surface area contributed by atoms with Gasteiger partial charge in [-0.3, -0.25) is 0 Å². The van der Waals surface area contributed by atoms with Crippen LogP contribution in [0.1, 0.15) is 36.5 Å². The molecule has 3 heterocycles. The number of para-hydroxylation sites is 2. The molecule has 0 spiro atoms. The molecule has 1 fully saturated rings. The summed E-state index contributed by atoms with van der Waals surface area (Å²) < 4.78 is 13.7. The van der Waals surface area contributed by atoms with Gasteiger partial charge >= 0.3 is 0 Å². The first kappa shape index (κ1) is 13.5. The van der Waals surface area contributed by atoms with E-state index in [9.17, 15) is 0 Å². The molecule has 6 heteroatoms. The van der Waals surface area contributed by atoms with Crippen LogP contribution in [0.4, 0.5) is 0 Å². The molecule has 0 N–H and O–H groups in total. The highest BCUT2D eigenvalue weighted by molar-refractivity contribution is 5.41. The van der Waals surface area contributed by atoms with Gasteiger partial charge in [-0.1, -0.05) is 18.2 Å². The smallest absolute Gasteiger partial charge is 0.192 e. The summed E-state index contributed by atoms with van der Waals surface area (Å²) in [6, 6.07) is 13.4. The van der Waals surface area contributed by atoms with Gasteiger partial charge in [0.2, 0.25) is 0 Å². The first-order chi connectivity index (χ1) is 11.9. The molecular weight excluding hydrogens is 304 g/mol. The summed E-state index contributed by atoms with van der Waals surface area (Å²) >= 11 is 0. The molecule has 120 valence electrons. The van der Waals surface area contributed by atoms with Crippen LogP contribution >= 0.6 is 0 Å². The Morgan fingerprint density at radius 2 is 1.83 bits per heavy atom. The second-order valence-electron chi connectivity index (χ2n) is 6.07. The highest BCUT2D eigenvalue weighted by Crippen LogP contribution is 2.40. The van der Waals surface area contributed by atoms with Crippen molar-refractivity contribution in [2.75, 3.05) is 6.61 Å². The number of hydrogen-bond donors (Lipinski definition) is 0. The number of ether oxygens (including phenoxy) is 2. The molecule has 24 heavy (non-hydrogen) atoms. The third kappa shape index (κ3) is 2.31. The minimum absolute atomic E-state index is 0.304. The highest BCUT2D eigenvalue weighted by atomic mass is 16.6. The van der Waals surface area contributed by atoms with Crippen molar-refractivity contribution in [3.63, 3.8) is 0 Å². The van der Waals surface area contributed by atoms with Gasteiger partial charge in [0.1, 0.15) is 6.61 Å². The first-order valence-electron chi connectivity index (χ1n) is 8.15. The van der Waals surface area contributed by atoms with E-state index in [-0.39, 0.29) is 6.10 Å². The van der Waals surface area contributed by atoms with Crippen molar-refractivity contribution in [3.8, 4) is 17.3 Å². The zero-order chi connectivity index (χ0) is 15.9. The molecule has 0 amide bonds. The Morgan fingerprint density at radius 3 is 2.62 bits per heavy atom. The van der Waals surface area contributed by atoms with E-state index in [2.05, 4.69) is 10.1 Å². The zero-order valence-corrected chi connectivity index (χ0v) is 13.0. The molecule has 5 rings (SSSR count). The average molecular weight is 320 g/mol. The third-order valence-corrected chi connectivity index (χ3v) is 4.25. The van der Waals surface area contributed by atoms with Crippen LogP contribution in [0.2, 0.25) is 0 Å². The van der Waals surface area contributed by atoms with Gasteiger partial charge in [-0.25, -0.2) is 9.97 Å². The summed E-state index contributed by atoms with van der Waals surface area (Å²) in [6.45, 7) is 0.409. The van der Waals surface area contributed by atoms with E-state index in [1.54, 1.807) is 10.9 Å². The van der Waals surface area contributed by atoms with E-state index in [0.717, 1.165) is 41.8 Å². The van der Waals surface area contributed by atoms with Gasteiger partial charge < -0.3 is 9.47 Å². The molecule has 3 aromatic rings. The first-order valence-corrected chi connectivity index (χ1v) is 8.15. The molecule has 6 nitrogen and oxygen atoms in total. The third-order valence-electron chi connectivity index (χ3n) is 4.25. The fourth-order valence-electron chi connectivity index (χ4n) is 2.86. The van der Waals surface area contributed by atoms with Crippen LogP contribution in [0.5, 0.6) is 11.5 Å². The molecule has 1 aromatic carbocycles. The maximum Gasteiger partial charge on any atom is 0.192 e. The lowest BCUT2D eigenvalue weighted by molar-refractivity contribution is 0.0834. The maximum atomic E-state index is 6.12. The summed E-state index contributed by atoms with van der Waals surface area (Å²) in [5.41, 5.74) is 0. The van der Waals surface area contributed by atoms with Gasteiger partial charge in [0.25, 0.3) is 0 Å². The Kier molecular flexibility index (Phi) is 3.01. The largest absolute Gasteiger partial charge is 0.485 e. The lowest BCUT2D eigenvalue weighted by atomic mass is 10.2. The van der Waals surface area contributed by atoms with Crippen LogP contribution < -0.4 is 9.47 Å². The summed E-state index contributed by atoms with van der Waals surface area (Å²) in [5, 5.41) is 4.68. The second-order valence-corrected chi connectivity index (χ2v) is 6.07. The number of fused-ring (bicyclic) bond motifs is 1. The predicted molar refractivity (Wildman–Crippen MR) is 86.4 cm³/mol. The minimum Gasteiger partial charge on any atom is -0.485 e. The van der Waals surface area contributed by atoms with Gasteiger partial charge in [-0.15, -0.1) is 5.10 Å². The maximum absolute atomic E-state index is 6.12. The van der Waals surface area contributed by atoms with Crippen LogP contribution in [0.3, 0.4) is 0 Å². The number of hydrogen-bond acceptors (Lipinski definition) is 5. The van der Waals surface area contributed by atoms with Crippen LogP contribution in [-0.4, -0.2) is 26.4 Å². The van der Waals surface area contributed by atoms with Gasteiger partial charge in [0.05, 0.1) is 0 Å². The summed E-state index contributed by atoms with van der Waals surface area (Å²) in [4.78, 5) is 9.16. The molecular formula is C18H16N4O2. The monoisotopic (exact) mass is 320 g/mol. The number of aromatic nitrogens is 4. The number of pyridine rings is 1. The Labute approximate surface area is 139 Å².